The molecule has 1 aliphatic heterocycles. The SMILES string of the molecule is O=C(Nc1cnn(C[C@H]2COc3ccccc3O2)c1)[C@H]1CC=CCC1. The summed E-state index contributed by atoms with van der Waals surface area (Å²) in [5.74, 6) is 1.65. The fourth-order valence-electron chi connectivity index (χ4n) is 3.17. The van der Waals surface area contributed by atoms with Crippen LogP contribution in [-0.2, 0) is 11.3 Å². The molecular formula is C19H21N3O3. The molecule has 1 aromatic heterocycles. The van der Waals surface area contributed by atoms with Crippen molar-refractivity contribution in [1.29, 1.82) is 0 Å². The predicted molar refractivity (Wildman–Crippen MR) is 93.7 cm³/mol. The minimum Gasteiger partial charge on any atom is -0.486 e. The number of allylic oxidation sites excluding steroid dienone is 2. The number of anilines is 1. The lowest BCUT2D eigenvalue weighted by Gasteiger charge is -2.26. The molecule has 130 valence electrons. The number of amides is 1. The molecule has 0 bridgehead atoms. The third-order valence-electron chi connectivity index (χ3n) is 4.50. The molecule has 0 radical (unpaired) electrons. The van der Waals surface area contributed by atoms with E-state index < -0.39 is 0 Å². The van der Waals surface area contributed by atoms with Crippen molar-refractivity contribution in [2.45, 2.75) is 31.9 Å². The normalized spacial score (nSPS) is 21.8. The van der Waals surface area contributed by atoms with Crippen LogP contribution in [0.1, 0.15) is 19.3 Å². The molecule has 0 fully saturated rings. The highest BCUT2D eigenvalue weighted by Gasteiger charge is 2.22. The number of hydrogen-bond donors (Lipinski definition) is 1. The number of para-hydroxylation sites is 2. The van der Waals surface area contributed by atoms with Gasteiger partial charge in [-0.1, -0.05) is 24.3 Å². The van der Waals surface area contributed by atoms with E-state index in [1.807, 2.05) is 30.5 Å². The first kappa shape index (κ1) is 15.7. The Morgan fingerprint density at radius 2 is 2.16 bits per heavy atom. The van der Waals surface area contributed by atoms with Crippen molar-refractivity contribution in [1.82, 2.24) is 9.78 Å². The third-order valence-corrected chi connectivity index (χ3v) is 4.50. The summed E-state index contributed by atoms with van der Waals surface area (Å²) in [6, 6.07) is 7.64. The van der Waals surface area contributed by atoms with E-state index in [-0.39, 0.29) is 17.9 Å². The first-order valence-corrected chi connectivity index (χ1v) is 8.65. The number of nitrogens with zero attached hydrogens (tertiary/aromatic N) is 2. The van der Waals surface area contributed by atoms with Crippen LogP contribution in [0.2, 0.25) is 0 Å². The van der Waals surface area contributed by atoms with E-state index >= 15 is 0 Å². The fourth-order valence-corrected chi connectivity index (χ4v) is 3.17. The highest BCUT2D eigenvalue weighted by molar-refractivity contribution is 5.92. The van der Waals surface area contributed by atoms with Crippen LogP contribution >= 0.6 is 0 Å². The topological polar surface area (TPSA) is 65.4 Å². The summed E-state index contributed by atoms with van der Waals surface area (Å²) in [6.07, 6.45) is 10.3. The molecule has 1 aromatic carbocycles. The number of rotatable bonds is 4. The lowest BCUT2D eigenvalue weighted by atomic mass is 9.94. The van der Waals surface area contributed by atoms with Crippen LogP contribution in [0, 0.1) is 5.92 Å². The first-order valence-electron chi connectivity index (χ1n) is 8.65. The Kier molecular flexibility index (Phi) is 4.41. The number of benzene rings is 1. The van der Waals surface area contributed by atoms with Gasteiger partial charge in [0, 0.05) is 12.1 Å². The summed E-state index contributed by atoms with van der Waals surface area (Å²) >= 11 is 0. The summed E-state index contributed by atoms with van der Waals surface area (Å²) in [7, 11) is 0. The minimum absolute atomic E-state index is 0.0555. The Balaban J connectivity index is 1.34. The lowest BCUT2D eigenvalue weighted by Crippen LogP contribution is -2.33. The zero-order valence-corrected chi connectivity index (χ0v) is 13.9. The summed E-state index contributed by atoms with van der Waals surface area (Å²) in [6.45, 7) is 1.04. The van der Waals surface area contributed by atoms with Crippen LogP contribution in [0.4, 0.5) is 5.69 Å². The molecule has 4 rings (SSSR count). The summed E-state index contributed by atoms with van der Waals surface area (Å²) in [5.41, 5.74) is 0.719. The maximum Gasteiger partial charge on any atom is 0.227 e. The van der Waals surface area contributed by atoms with Gasteiger partial charge in [0.25, 0.3) is 0 Å². The first-order chi connectivity index (χ1) is 12.3. The average Bonchev–Trinajstić information content (AvgIpc) is 3.09. The van der Waals surface area contributed by atoms with Gasteiger partial charge in [-0.3, -0.25) is 9.48 Å². The Hall–Kier alpha value is -2.76. The fraction of sp³-hybridized carbons (Fsp3) is 0.368. The number of nitrogens with one attached hydrogen (secondary N) is 1. The Labute approximate surface area is 146 Å². The third kappa shape index (κ3) is 3.68. The van der Waals surface area contributed by atoms with Crippen LogP contribution in [0.15, 0.2) is 48.8 Å². The molecule has 2 atom stereocenters. The number of hydrogen-bond acceptors (Lipinski definition) is 4. The maximum atomic E-state index is 12.3. The maximum absolute atomic E-state index is 12.3. The second-order valence-corrected chi connectivity index (χ2v) is 6.42. The Morgan fingerprint density at radius 1 is 1.28 bits per heavy atom. The zero-order valence-electron chi connectivity index (χ0n) is 13.9. The van der Waals surface area contributed by atoms with E-state index in [2.05, 4.69) is 22.6 Å². The molecule has 2 heterocycles. The summed E-state index contributed by atoms with van der Waals surface area (Å²) in [5, 5.41) is 7.27. The molecule has 0 saturated carbocycles. The number of carbonyl (C=O) groups excluding carboxylic acids is 1. The quantitative estimate of drug-likeness (QED) is 0.870. The molecule has 0 unspecified atom stereocenters. The van der Waals surface area contributed by atoms with Crippen molar-refractivity contribution in [3.63, 3.8) is 0 Å². The van der Waals surface area contributed by atoms with Crippen LogP contribution in [0.25, 0.3) is 0 Å². The number of fused-ring (bicyclic) bond motifs is 1. The summed E-state index contributed by atoms with van der Waals surface area (Å²) < 4.78 is 13.4. The van der Waals surface area contributed by atoms with Crippen molar-refractivity contribution in [2.75, 3.05) is 11.9 Å². The van der Waals surface area contributed by atoms with Gasteiger partial charge in [0.15, 0.2) is 17.6 Å². The van der Waals surface area contributed by atoms with Crippen molar-refractivity contribution in [3.05, 3.63) is 48.8 Å². The van der Waals surface area contributed by atoms with Crippen LogP contribution < -0.4 is 14.8 Å². The largest absolute Gasteiger partial charge is 0.486 e. The molecule has 1 aliphatic carbocycles. The van der Waals surface area contributed by atoms with Gasteiger partial charge in [0.05, 0.1) is 18.4 Å². The van der Waals surface area contributed by atoms with Gasteiger partial charge in [0.1, 0.15) is 6.61 Å². The van der Waals surface area contributed by atoms with Crippen molar-refractivity contribution < 1.29 is 14.3 Å². The molecule has 2 aliphatic rings. The van der Waals surface area contributed by atoms with Crippen molar-refractivity contribution in [2.24, 2.45) is 5.92 Å². The number of ether oxygens (including phenoxy) is 2. The molecule has 1 amide bonds. The predicted octanol–water partition coefficient (Wildman–Crippen LogP) is 3.02. The second-order valence-electron chi connectivity index (χ2n) is 6.42. The van der Waals surface area contributed by atoms with Crippen LogP contribution in [0.3, 0.4) is 0 Å². The Morgan fingerprint density at radius 3 is 3.00 bits per heavy atom. The van der Waals surface area contributed by atoms with E-state index in [0.29, 0.717) is 13.2 Å². The van der Waals surface area contributed by atoms with E-state index in [1.165, 1.54) is 0 Å². The minimum atomic E-state index is -0.109. The van der Waals surface area contributed by atoms with Gasteiger partial charge in [0.2, 0.25) is 5.91 Å². The van der Waals surface area contributed by atoms with Gasteiger partial charge < -0.3 is 14.8 Å². The van der Waals surface area contributed by atoms with Gasteiger partial charge in [-0.05, 0) is 31.4 Å². The van der Waals surface area contributed by atoms with E-state index in [4.69, 9.17) is 9.47 Å². The molecule has 0 spiro atoms. The van der Waals surface area contributed by atoms with Crippen molar-refractivity contribution in [3.8, 4) is 11.5 Å². The van der Waals surface area contributed by atoms with Crippen LogP contribution in [0.5, 0.6) is 11.5 Å². The molecule has 0 saturated heterocycles. The lowest BCUT2D eigenvalue weighted by molar-refractivity contribution is -0.120. The summed E-state index contributed by atoms with van der Waals surface area (Å²) in [4.78, 5) is 12.3. The molecule has 6 nitrogen and oxygen atoms in total. The molecule has 25 heavy (non-hydrogen) atoms. The van der Waals surface area contributed by atoms with Gasteiger partial charge in [-0.25, -0.2) is 0 Å². The van der Waals surface area contributed by atoms with E-state index in [0.717, 1.165) is 36.4 Å². The van der Waals surface area contributed by atoms with Crippen LogP contribution in [-0.4, -0.2) is 28.4 Å². The van der Waals surface area contributed by atoms with Gasteiger partial charge >= 0.3 is 0 Å². The highest BCUT2D eigenvalue weighted by Crippen LogP contribution is 2.31. The Bertz CT molecular complexity index is 784. The number of carbonyl (C=O) groups is 1. The van der Waals surface area contributed by atoms with Gasteiger partial charge in [-0.15, -0.1) is 0 Å². The molecule has 2 aromatic rings. The number of aromatic nitrogens is 2. The molecule has 1 N–H and O–H groups in total. The standard InChI is InChI=1S/C19H21N3O3/c23-19(14-6-2-1-3-7-14)21-15-10-20-22(11-15)12-16-13-24-17-8-4-5-9-18(17)25-16/h1-2,4-5,8-11,14,16H,3,6-7,12-13H2,(H,21,23)/t14-,16-/m0/s1. The highest BCUT2D eigenvalue weighted by atomic mass is 16.6. The second kappa shape index (κ2) is 7.01. The average molecular weight is 339 g/mol. The smallest absolute Gasteiger partial charge is 0.227 e. The van der Waals surface area contributed by atoms with E-state index in [9.17, 15) is 4.79 Å². The molecule has 6 heteroatoms. The van der Waals surface area contributed by atoms with E-state index in [1.54, 1.807) is 10.9 Å². The van der Waals surface area contributed by atoms with Gasteiger partial charge in [-0.2, -0.15) is 5.10 Å². The molecular weight excluding hydrogens is 318 g/mol. The van der Waals surface area contributed by atoms with Crippen molar-refractivity contribution >= 4 is 11.6 Å². The monoisotopic (exact) mass is 339 g/mol. The zero-order chi connectivity index (χ0) is 17.1.